The fraction of sp³-hybridized carbons (Fsp3) is 0.375. The maximum absolute atomic E-state index is 9.17. The number of thiazole rings is 1. The van der Waals surface area contributed by atoms with Crippen LogP contribution >= 0.6 is 11.3 Å². The number of ether oxygens (including phenoxy) is 2. The number of aromatic nitrogens is 1. The number of nitrogens with zero attached hydrogens (tertiary/aromatic N) is 2. The summed E-state index contributed by atoms with van der Waals surface area (Å²) >= 11 is 1.43. The first-order valence-corrected chi connectivity index (χ1v) is 7.87. The van der Waals surface area contributed by atoms with Crippen molar-refractivity contribution in [3.63, 3.8) is 0 Å². The summed E-state index contributed by atoms with van der Waals surface area (Å²) < 4.78 is 11.3. The van der Waals surface area contributed by atoms with Gasteiger partial charge in [0.25, 0.3) is 0 Å². The Morgan fingerprint density at radius 1 is 1.29 bits per heavy atom. The summed E-state index contributed by atoms with van der Waals surface area (Å²) in [6.45, 7) is 2.91. The first kappa shape index (κ1) is 13.9. The van der Waals surface area contributed by atoms with E-state index >= 15 is 0 Å². The molecule has 1 aromatic heterocycles. The molecule has 0 N–H and O–H groups in total. The molecular formula is C16H16N2O2S. The van der Waals surface area contributed by atoms with Crippen molar-refractivity contribution in [2.75, 3.05) is 6.61 Å². The van der Waals surface area contributed by atoms with E-state index in [1.807, 2.05) is 31.2 Å². The maximum Gasteiger partial charge on any atom is 0.161 e. The van der Waals surface area contributed by atoms with E-state index in [9.17, 15) is 0 Å². The molecule has 1 saturated carbocycles. The standard InChI is InChI=1S/C16H16N2O2S/c1-2-19-12-5-3-4-6-13(12)20-10-15-18-16(11-7-8-11)14(9-17)21-15/h3-6,11H,2,7-8,10H2,1H3. The van der Waals surface area contributed by atoms with Crippen LogP contribution in [0.25, 0.3) is 0 Å². The molecule has 1 aliphatic rings. The van der Waals surface area contributed by atoms with Gasteiger partial charge in [-0.15, -0.1) is 11.3 Å². The lowest BCUT2D eigenvalue weighted by Gasteiger charge is -2.10. The Kier molecular flexibility index (Phi) is 4.07. The quantitative estimate of drug-likeness (QED) is 0.812. The van der Waals surface area contributed by atoms with Gasteiger partial charge in [0.1, 0.15) is 22.6 Å². The molecule has 0 atom stereocenters. The Bertz CT molecular complexity index is 671. The minimum Gasteiger partial charge on any atom is -0.490 e. The molecule has 0 radical (unpaired) electrons. The Balaban J connectivity index is 1.72. The molecule has 2 aromatic rings. The van der Waals surface area contributed by atoms with Crippen LogP contribution in [0.4, 0.5) is 0 Å². The SMILES string of the molecule is CCOc1ccccc1OCc1nc(C2CC2)c(C#N)s1. The first-order chi connectivity index (χ1) is 10.3. The van der Waals surface area contributed by atoms with Crippen molar-refractivity contribution in [1.82, 2.24) is 4.98 Å². The molecule has 1 aliphatic carbocycles. The Hall–Kier alpha value is -2.06. The molecule has 1 heterocycles. The van der Waals surface area contributed by atoms with Gasteiger partial charge in [-0.1, -0.05) is 12.1 Å². The highest BCUT2D eigenvalue weighted by Crippen LogP contribution is 2.42. The van der Waals surface area contributed by atoms with Gasteiger partial charge >= 0.3 is 0 Å². The molecule has 0 spiro atoms. The van der Waals surface area contributed by atoms with Crippen molar-refractivity contribution in [2.24, 2.45) is 0 Å². The van der Waals surface area contributed by atoms with E-state index in [1.165, 1.54) is 11.3 Å². The summed E-state index contributed by atoms with van der Waals surface area (Å²) in [7, 11) is 0. The topological polar surface area (TPSA) is 55.1 Å². The zero-order chi connectivity index (χ0) is 14.7. The molecule has 4 nitrogen and oxygen atoms in total. The smallest absolute Gasteiger partial charge is 0.161 e. The van der Waals surface area contributed by atoms with Crippen LogP contribution in [0.1, 0.15) is 41.3 Å². The zero-order valence-electron chi connectivity index (χ0n) is 11.8. The largest absolute Gasteiger partial charge is 0.490 e. The molecule has 108 valence electrons. The molecule has 0 aliphatic heterocycles. The molecule has 0 saturated heterocycles. The Morgan fingerprint density at radius 3 is 2.62 bits per heavy atom. The van der Waals surface area contributed by atoms with Crippen LogP contribution in [0.2, 0.25) is 0 Å². The van der Waals surface area contributed by atoms with Crippen LogP contribution < -0.4 is 9.47 Å². The fourth-order valence-electron chi connectivity index (χ4n) is 2.14. The molecule has 5 heteroatoms. The molecule has 0 unspecified atom stereocenters. The second kappa shape index (κ2) is 6.15. The number of rotatable bonds is 6. The highest BCUT2D eigenvalue weighted by Gasteiger charge is 2.29. The van der Waals surface area contributed by atoms with E-state index in [0.717, 1.165) is 34.2 Å². The lowest BCUT2D eigenvalue weighted by atomic mass is 10.3. The summed E-state index contributed by atoms with van der Waals surface area (Å²) in [4.78, 5) is 5.29. The summed E-state index contributed by atoms with van der Waals surface area (Å²) in [5.41, 5.74) is 0.958. The van der Waals surface area contributed by atoms with Gasteiger partial charge in [0.2, 0.25) is 0 Å². The van der Waals surface area contributed by atoms with E-state index in [4.69, 9.17) is 14.7 Å². The molecule has 1 aromatic carbocycles. The molecule has 1 fully saturated rings. The molecule has 21 heavy (non-hydrogen) atoms. The van der Waals surface area contributed by atoms with Gasteiger partial charge < -0.3 is 9.47 Å². The van der Waals surface area contributed by atoms with Gasteiger partial charge in [-0.25, -0.2) is 4.98 Å². The summed E-state index contributed by atoms with van der Waals surface area (Å²) in [6.07, 6.45) is 2.29. The summed E-state index contributed by atoms with van der Waals surface area (Å²) in [6, 6.07) is 9.84. The molecule has 0 amide bonds. The lowest BCUT2D eigenvalue weighted by Crippen LogP contribution is -1.99. The highest BCUT2D eigenvalue weighted by molar-refractivity contribution is 7.12. The van der Waals surface area contributed by atoms with E-state index in [-0.39, 0.29) is 0 Å². The minimum absolute atomic E-state index is 0.371. The number of hydrogen-bond acceptors (Lipinski definition) is 5. The lowest BCUT2D eigenvalue weighted by molar-refractivity contribution is 0.269. The molecular weight excluding hydrogens is 284 g/mol. The number of nitriles is 1. The van der Waals surface area contributed by atoms with Crippen molar-refractivity contribution in [1.29, 1.82) is 5.26 Å². The van der Waals surface area contributed by atoms with Gasteiger partial charge in [-0.3, -0.25) is 0 Å². The maximum atomic E-state index is 9.17. The second-order valence-corrected chi connectivity index (χ2v) is 5.96. The third kappa shape index (κ3) is 3.17. The van der Waals surface area contributed by atoms with Crippen molar-refractivity contribution >= 4 is 11.3 Å². The zero-order valence-corrected chi connectivity index (χ0v) is 12.7. The predicted octanol–water partition coefficient (Wildman–Crippen LogP) is 3.87. The number of benzene rings is 1. The third-order valence-corrected chi connectivity index (χ3v) is 4.21. The third-order valence-electron chi connectivity index (χ3n) is 3.26. The van der Waals surface area contributed by atoms with Crippen LogP contribution in [-0.4, -0.2) is 11.6 Å². The first-order valence-electron chi connectivity index (χ1n) is 7.06. The Labute approximate surface area is 128 Å². The van der Waals surface area contributed by atoms with E-state index < -0.39 is 0 Å². The van der Waals surface area contributed by atoms with Crippen molar-refractivity contribution in [2.45, 2.75) is 32.3 Å². The van der Waals surface area contributed by atoms with Crippen LogP contribution in [0.3, 0.4) is 0 Å². The summed E-state index contributed by atoms with van der Waals surface area (Å²) in [5.74, 6) is 1.93. The highest BCUT2D eigenvalue weighted by atomic mass is 32.1. The van der Waals surface area contributed by atoms with E-state index in [2.05, 4.69) is 11.1 Å². The van der Waals surface area contributed by atoms with Gasteiger partial charge in [0.05, 0.1) is 12.3 Å². The fourth-order valence-corrected chi connectivity index (χ4v) is 3.00. The van der Waals surface area contributed by atoms with Gasteiger partial charge in [0.15, 0.2) is 11.5 Å². The predicted molar refractivity (Wildman–Crippen MR) is 80.7 cm³/mol. The van der Waals surface area contributed by atoms with Crippen LogP contribution in [0.15, 0.2) is 24.3 Å². The van der Waals surface area contributed by atoms with Gasteiger partial charge in [0, 0.05) is 5.92 Å². The van der Waals surface area contributed by atoms with Crippen molar-refractivity contribution in [3.8, 4) is 17.6 Å². The van der Waals surface area contributed by atoms with Crippen LogP contribution in [0, 0.1) is 11.3 Å². The second-order valence-electron chi connectivity index (χ2n) is 4.88. The minimum atomic E-state index is 0.371. The van der Waals surface area contributed by atoms with Crippen molar-refractivity contribution in [3.05, 3.63) is 39.8 Å². The summed E-state index contributed by atoms with van der Waals surface area (Å²) in [5, 5.41) is 10.0. The van der Waals surface area contributed by atoms with Gasteiger partial charge in [-0.05, 0) is 31.9 Å². The van der Waals surface area contributed by atoms with Gasteiger partial charge in [-0.2, -0.15) is 5.26 Å². The average molecular weight is 300 g/mol. The van der Waals surface area contributed by atoms with E-state index in [0.29, 0.717) is 24.9 Å². The average Bonchev–Trinajstić information content (AvgIpc) is 3.27. The number of para-hydroxylation sites is 2. The van der Waals surface area contributed by atoms with Crippen molar-refractivity contribution < 1.29 is 9.47 Å². The van der Waals surface area contributed by atoms with Crippen LogP contribution in [-0.2, 0) is 6.61 Å². The monoisotopic (exact) mass is 300 g/mol. The Morgan fingerprint density at radius 2 is 2.00 bits per heavy atom. The normalized spacial score (nSPS) is 13.7. The van der Waals surface area contributed by atoms with Crippen LogP contribution in [0.5, 0.6) is 11.5 Å². The number of hydrogen-bond donors (Lipinski definition) is 0. The molecule has 3 rings (SSSR count). The molecule has 0 bridgehead atoms. The van der Waals surface area contributed by atoms with E-state index in [1.54, 1.807) is 0 Å².